The Kier molecular flexibility index (Phi) is 6.64. The van der Waals surface area contributed by atoms with E-state index in [0.29, 0.717) is 22.2 Å². The first-order valence-corrected chi connectivity index (χ1v) is 8.16. The lowest BCUT2D eigenvalue weighted by Crippen LogP contribution is -2.35. The van der Waals surface area contributed by atoms with Gasteiger partial charge in [0.25, 0.3) is 5.91 Å². The van der Waals surface area contributed by atoms with Gasteiger partial charge < -0.3 is 10.1 Å². The second-order valence-corrected chi connectivity index (χ2v) is 6.08. The highest BCUT2D eigenvalue weighted by molar-refractivity contribution is 6.42. The van der Waals surface area contributed by atoms with Gasteiger partial charge in [-0.05, 0) is 30.2 Å². The molecule has 0 spiro atoms. The minimum atomic E-state index is -0.871. The maximum absolute atomic E-state index is 12.0. The van der Waals surface area contributed by atoms with Gasteiger partial charge in [0.05, 0.1) is 16.5 Å². The van der Waals surface area contributed by atoms with Gasteiger partial charge >= 0.3 is 5.97 Å². The molecule has 2 rings (SSSR count). The molecule has 1 atom stereocenters. The van der Waals surface area contributed by atoms with Gasteiger partial charge in [0.15, 0.2) is 6.10 Å². The van der Waals surface area contributed by atoms with E-state index in [9.17, 15) is 9.59 Å². The van der Waals surface area contributed by atoms with Crippen LogP contribution < -0.4 is 5.32 Å². The van der Waals surface area contributed by atoms with Crippen molar-refractivity contribution in [3.8, 4) is 0 Å². The van der Waals surface area contributed by atoms with E-state index in [2.05, 4.69) is 5.32 Å². The number of ether oxygens (including phenoxy) is 1. The third-order valence-electron chi connectivity index (χ3n) is 3.32. The summed E-state index contributed by atoms with van der Waals surface area (Å²) in [7, 11) is 0. The molecule has 6 heteroatoms. The van der Waals surface area contributed by atoms with Crippen molar-refractivity contribution in [1.29, 1.82) is 0 Å². The fourth-order valence-corrected chi connectivity index (χ4v) is 2.36. The van der Waals surface area contributed by atoms with Crippen LogP contribution in [0.15, 0.2) is 48.5 Å². The van der Waals surface area contributed by atoms with Crippen LogP contribution >= 0.6 is 23.2 Å². The molecule has 2 aromatic carbocycles. The summed E-state index contributed by atoms with van der Waals surface area (Å²) in [6.45, 7) is 1.92. The van der Waals surface area contributed by atoms with E-state index in [-0.39, 0.29) is 12.3 Å². The van der Waals surface area contributed by atoms with Crippen molar-refractivity contribution < 1.29 is 14.3 Å². The summed E-state index contributed by atoms with van der Waals surface area (Å²) >= 11 is 11.7. The molecule has 2 aromatic rings. The van der Waals surface area contributed by atoms with Gasteiger partial charge in [0.2, 0.25) is 0 Å². The maximum Gasteiger partial charge on any atom is 0.311 e. The highest BCUT2D eigenvalue weighted by Gasteiger charge is 2.18. The summed E-state index contributed by atoms with van der Waals surface area (Å²) in [4.78, 5) is 23.9. The van der Waals surface area contributed by atoms with E-state index in [1.807, 2.05) is 30.3 Å². The predicted octanol–water partition coefficient (Wildman–Crippen LogP) is 3.78. The highest BCUT2D eigenvalue weighted by Crippen LogP contribution is 2.22. The molecule has 0 aliphatic heterocycles. The van der Waals surface area contributed by atoms with E-state index in [1.165, 1.54) is 6.92 Å². The molecule has 24 heavy (non-hydrogen) atoms. The Morgan fingerprint density at radius 2 is 1.75 bits per heavy atom. The SMILES string of the molecule is C[C@H](OC(=O)Cc1ccc(Cl)c(Cl)c1)C(=O)NCc1ccccc1. The molecule has 1 amide bonds. The second-order valence-electron chi connectivity index (χ2n) is 5.26. The molecule has 0 fully saturated rings. The lowest BCUT2D eigenvalue weighted by atomic mass is 10.1. The zero-order valence-electron chi connectivity index (χ0n) is 13.1. The van der Waals surface area contributed by atoms with Crippen molar-refractivity contribution in [1.82, 2.24) is 5.32 Å². The van der Waals surface area contributed by atoms with Gasteiger partial charge in [0, 0.05) is 6.54 Å². The summed E-state index contributed by atoms with van der Waals surface area (Å²) in [6, 6.07) is 14.4. The molecule has 0 heterocycles. The molecule has 4 nitrogen and oxygen atoms in total. The van der Waals surface area contributed by atoms with Crippen LogP contribution in [-0.4, -0.2) is 18.0 Å². The molecular formula is C18H17Cl2NO3. The number of halogens is 2. The molecular weight excluding hydrogens is 349 g/mol. The Morgan fingerprint density at radius 3 is 2.42 bits per heavy atom. The lowest BCUT2D eigenvalue weighted by Gasteiger charge is -2.13. The first-order valence-electron chi connectivity index (χ1n) is 7.40. The fourth-order valence-electron chi connectivity index (χ4n) is 2.04. The summed E-state index contributed by atoms with van der Waals surface area (Å²) in [5.41, 5.74) is 1.64. The zero-order valence-corrected chi connectivity index (χ0v) is 14.6. The third kappa shape index (κ3) is 5.55. The Hall–Kier alpha value is -2.04. The minimum Gasteiger partial charge on any atom is -0.452 e. The van der Waals surface area contributed by atoms with E-state index < -0.39 is 12.1 Å². The minimum absolute atomic E-state index is 0.0210. The molecule has 0 bridgehead atoms. The summed E-state index contributed by atoms with van der Waals surface area (Å²) in [6.07, 6.45) is -0.850. The van der Waals surface area contributed by atoms with Crippen molar-refractivity contribution in [2.45, 2.75) is 26.0 Å². The largest absolute Gasteiger partial charge is 0.452 e. The normalized spacial score (nSPS) is 11.6. The lowest BCUT2D eigenvalue weighted by molar-refractivity contribution is -0.154. The Morgan fingerprint density at radius 1 is 1.04 bits per heavy atom. The molecule has 0 radical (unpaired) electrons. The molecule has 0 aliphatic carbocycles. The quantitative estimate of drug-likeness (QED) is 0.792. The number of nitrogens with one attached hydrogen (secondary N) is 1. The number of carbonyl (C=O) groups is 2. The predicted molar refractivity (Wildman–Crippen MR) is 94.0 cm³/mol. The number of carbonyl (C=O) groups excluding carboxylic acids is 2. The van der Waals surface area contributed by atoms with Crippen LogP contribution in [0.4, 0.5) is 0 Å². The van der Waals surface area contributed by atoms with E-state index in [4.69, 9.17) is 27.9 Å². The number of rotatable bonds is 6. The number of benzene rings is 2. The number of hydrogen-bond donors (Lipinski definition) is 1. The van der Waals surface area contributed by atoms with Gasteiger partial charge in [-0.25, -0.2) is 0 Å². The molecule has 126 valence electrons. The van der Waals surface area contributed by atoms with Gasteiger partial charge in [-0.1, -0.05) is 59.6 Å². The average Bonchev–Trinajstić information content (AvgIpc) is 2.56. The summed E-state index contributed by atoms with van der Waals surface area (Å²) in [5, 5.41) is 3.52. The van der Waals surface area contributed by atoms with Crippen molar-refractivity contribution in [2.24, 2.45) is 0 Å². The average molecular weight is 366 g/mol. The van der Waals surface area contributed by atoms with Crippen LogP contribution in [0, 0.1) is 0 Å². The summed E-state index contributed by atoms with van der Waals surface area (Å²) in [5.74, 6) is -0.850. The van der Waals surface area contributed by atoms with E-state index in [0.717, 1.165) is 5.56 Å². The Labute approximate surface area is 150 Å². The first-order chi connectivity index (χ1) is 11.5. The highest BCUT2D eigenvalue weighted by atomic mass is 35.5. The molecule has 0 saturated carbocycles. The van der Waals surface area contributed by atoms with E-state index >= 15 is 0 Å². The second kappa shape index (κ2) is 8.71. The third-order valence-corrected chi connectivity index (χ3v) is 4.06. The fraction of sp³-hybridized carbons (Fsp3) is 0.222. The van der Waals surface area contributed by atoms with Crippen molar-refractivity contribution in [2.75, 3.05) is 0 Å². The Balaban J connectivity index is 1.81. The first kappa shape index (κ1) is 18.3. The molecule has 0 aliphatic rings. The smallest absolute Gasteiger partial charge is 0.311 e. The van der Waals surface area contributed by atoms with Crippen LogP contribution in [-0.2, 0) is 27.3 Å². The van der Waals surface area contributed by atoms with E-state index in [1.54, 1.807) is 18.2 Å². The molecule has 1 N–H and O–H groups in total. The van der Waals surface area contributed by atoms with Crippen LogP contribution in [0.2, 0.25) is 10.0 Å². The number of hydrogen-bond acceptors (Lipinski definition) is 3. The number of esters is 1. The molecule has 0 saturated heterocycles. The van der Waals surface area contributed by atoms with Crippen LogP contribution in [0.1, 0.15) is 18.1 Å². The topological polar surface area (TPSA) is 55.4 Å². The van der Waals surface area contributed by atoms with Gasteiger partial charge in [-0.3, -0.25) is 9.59 Å². The standard InChI is InChI=1S/C18H17Cl2NO3/c1-12(18(23)21-11-13-5-3-2-4-6-13)24-17(22)10-14-7-8-15(19)16(20)9-14/h2-9,12H,10-11H2,1H3,(H,21,23)/t12-/m0/s1. The molecule has 0 unspecified atom stereocenters. The van der Waals surface area contributed by atoms with Gasteiger partial charge in [0.1, 0.15) is 0 Å². The maximum atomic E-state index is 12.0. The van der Waals surface area contributed by atoms with Gasteiger partial charge in [-0.15, -0.1) is 0 Å². The van der Waals surface area contributed by atoms with Crippen molar-refractivity contribution >= 4 is 35.1 Å². The van der Waals surface area contributed by atoms with Gasteiger partial charge in [-0.2, -0.15) is 0 Å². The van der Waals surface area contributed by atoms with Crippen LogP contribution in [0.5, 0.6) is 0 Å². The molecule has 0 aromatic heterocycles. The van der Waals surface area contributed by atoms with Crippen LogP contribution in [0.3, 0.4) is 0 Å². The van der Waals surface area contributed by atoms with Crippen molar-refractivity contribution in [3.63, 3.8) is 0 Å². The summed E-state index contributed by atoms with van der Waals surface area (Å²) < 4.78 is 5.15. The van der Waals surface area contributed by atoms with Crippen LogP contribution in [0.25, 0.3) is 0 Å². The number of amides is 1. The monoisotopic (exact) mass is 365 g/mol. The van der Waals surface area contributed by atoms with Crippen molar-refractivity contribution in [3.05, 3.63) is 69.7 Å². The Bertz CT molecular complexity index is 719. The zero-order chi connectivity index (χ0) is 17.5.